The van der Waals surface area contributed by atoms with Gasteiger partial charge in [-0.1, -0.05) is 11.6 Å². The van der Waals surface area contributed by atoms with Gasteiger partial charge in [0.25, 0.3) is 0 Å². The number of ether oxygens (including phenoxy) is 1. The van der Waals surface area contributed by atoms with Gasteiger partial charge < -0.3 is 15.4 Å². The quantitative estimate of drug-likeness (QED) is 0.509. The van der Waals surface area contributed by atoms with Crippen molar-refractivity contribution >= 4 is 34.9 Å². The number of rotatable bonds is 6. The van der Waals surface area contributed by atoms with E-state index in [4.69, 9.17) is 16.3 Å². The number of aryl methyl sites for hydroxylation is 1. The average Bonchev–Trinajstić information content (AvgIpc) is 2.72. The molecule has 3 aromatic rings. The number of nitrogens with one attached hydrogen (secondary N) is 3. The summed E-state index contributed by atoms with van der Waals surface area (Å²) in [5.74, 6) is -0.0416. The number of halogens is 1. The van der Waals surface area contributed by atoms with Crippen molar-refractivity contribution < 1.29 is 19.2 Å². The van der Waals surface area contributed by atoms with E-state index >= 15 is 0 Å². The van der Waals surface area contributed by atoms with Crippen LogP contribution in [0.5, 0.6) is 11.6 Å². The Morgan fingerprint density at radius 3 is 2.40 bits per heavy atom. The number of hydroxylamine groups is 1. The lowest BCUT2D eigenvalue weighted by Crippen LogP contribution is -2.24. The van der Waals surface area contributed by atoms with Gasteiger partial charge in [-0.15, -0.1) is 0 Å². The first-order valence-corrected chi connectivity index (χ1v) is 9.11. The minimum atomic E-state index is -0.593. The first kappa shape index (κ1) is 21.0. The lowest BCUT2D eigenvalue weighted by atomic mass is 10.2. The van der Waals surface area contributed by atoms with Gasteiger partial charge in [0.15, 0.2) is 0 Å². The van der Waals surface area contributed by atoms with Crippen LogP contribution < -0.4 is 20.9 Å². The number of nitrogens with zero attached hydrogens (tertiary/aromatic N) is 2. The van der Waals surface area contributed by atoms with Crippen molar-refractivity contribution in [1.82, 2.24) is 15.4 Å². The molecule has 0 aliphatic rings. The Morgan fingerprint density at radius 1 is 1.00 bits per heavy atom. The minimum absolute atomic E-state index is 0.0956. The number of hydrogen-bond donors (Lipinski definition) is 3. The molecule has 0 bridgehead atoms. The van der Waals surface area contributed by atoms with E-state index in [2.05, 4.69) is 30.9 Å². The standard InChI is InChI=1S/C20H18ClN5O4/c1-12-11-14(5-8-16(12)21)24-20(28)23-13-3-6-15(7-4-13)30-17-9-10-22-18(25-17)19(27)26-29-2/h3-11H,1-2H3,(H,26,27)(H2,23,24,28). The van der Waals surface area contributed by atoms with Gasteiger partial charge in [-0.25, -0.2) is 15.3 Å². The Balaban J connectivity index is 1.59. The van der Waals surface area contributed by atoms with Gasteiger partial charge in [0.1, 0.15) is 5.75 Å². The predicted molar refractivity (Wildman–Crippen MR) is 112 cm³/mol. The third-order valence-electron chi connectivity index (χ3n) is 3.78. The second-order valence-corrected chi connectivity index (χ2v) is 6.43. The van der Waals surface area contributed by atoms with E-state index in [1.165, 1.54) is 19.4 Å². The Labute approximate surface area is 177 Å². The molecule has 0 aliphatic carbocycles. The van der Waals surface area contributed by atoms with E-state index < -0.39 is 11.9 Å². The first-order chi connectivity index (χ1) is 14.4. The van der Waals surface area contributed by atoms with E-state index in [-0.39, 0.29) is 11.7 Å². The number of benzene rings is 2. The highest BCUT2D eigenvalue weighted by molar-refractivity contribution is 6.31. The van der Waals surface area contributed by atoms with Crippen molar-refractivity contribution in [3.63, 3.8) is 0 Å². The Bertz CT molecular complexity index is 1060. The zero-order valence-electron chi connectivity index (χ0n) is 16.1. The van der Waals surface area contributed by atoms with Crippen LogP contribution >= 0.6 is 11.6 Å². The number of hydrogen-bond acceptors (Lipinski definition) is 6. The molecule has 2 aromatic carbocycles. The molecule has 1 heterocycles. The molecule has 0 saturated carbocycles. The van der Waals surface area contributed by atoms with Crippen LogP contribution in [0.1, 0.15) is 16.2 Å². The van der Waals surface area contributed by atoms with Crippen LogP contribution in [0.15, 0.2) is 54.7 Å². The average molecular weight is 428 g/mol. The normalized spacial score (nSPS) is 10.2. The highest BCUT2D eigenvalue weighted by Gasteiger charge is 2.10. The number of urea groups is 1. The summed E-state index contributed by atoms with van der Waals surface area (Å²) < 4.78 is 5.61. The number of aromatic nitrogens is 2. The van der Waals surface area contributed by atoms with Crippen LogP contribution in [0, 0.1) is 6.92 Å². The van der Waals surface area contributed by atoms with Crippen molar-refractivity contribution in [3.05, 3.63) is 71.1 Å². The van der Waals surface area contributed by atoms with E-state index in [1.54, 1.807) is 42.5 Å². The van der Waals surface area contributed by atoms with E-state index in [0.29, 0.717) is 22.1 Å². The van der Waals surface area contributed by atoms with Crippen LogP contribution in [0.4, 0.5) is 16.2 Å². The van der Waals surface area contributed by atoms with Gasteiger partial charge >= 0.3 is 11.9 Å². The lowest BCUT2D eigenvalue weighted by molar-refractivity contribution is 0.0526. The molecule has 3 amide bonds. The van der Waals surface area contributed by atoms with Crippen molar-refractivity contribution in [2.45, 2.75) is 6.92 Å². The van der Waals surface area contributed by atoms with Crippen molar-refractivity contribution in [2.75, 3.05) is 17.7 Å². The fourth-order valence-electron chi connectivity index (χ4n) is 2.39. The van der Waals surface area contributed by atoms with Gasteiger partial charge in [-0.05, 0) is 55.0 Å². The van der Waals surface area contributed by atoms with Crippen LogP contribution in [0.2, 0.25) is 5.02 Å². The summed E-state index contributed by atoms with van der Waals surface area (Å²) in [4.78, 5) is 36.2. The molecule has 0 unspecified atom stereocenters. The zero-order chi connectivity index (χ0) is 21.5. The van der Waals surface area contributed by atoms with Crippen LogP contribution in [0.3, 0.4) is 0 Å². The number of carbonyl (C=O) groups is 2. The molecule has 3 rings (SSSR count). The maximum absolute atomic E-state index is 12.2. The number of carbonyl (C=O) groups excluding carboxylic acids is 2. The molecule has 0 aliphatic heterocycles. The predicted octanol–water partition coefficient (Wildman–Crippen LogP) is 4.17. The molecule has 154 valence electrons. The van der Waals surface area contributed by atoms with Crippen molar-refractivity contribution in [3.8, 4) is 11.6 Å². The number of anilines is 2. The third kappa shape index (κ3) is 5.66. The molecule has 0 fully saturated rings. The molecule has 30 heavy (non-hydrogen) atoms. The molecule has 1 aromatic heterocycles. The van der Waals surface area contributed by atoms with Crippen LogP contribution in [-0.2, 0) is 4.84 Å². The van der Waals surface area contributed by atoms with E-state index in [9.17, 15) is 9.59 Å². The Morgan fingerprint density at radius 2 is 1.70 bits per heavy atom. The van der Waals surface area contributed by atoms with Crippen molar-refractivity contribution in [2.24, 2.45) is 0 Å². The van der Waals surface area contributed by atoms with Gasteiger partial charge in [-0.2, -0.15) is 4.98 Å². The van der Waals surface area contributed by atoms with E-state index in [0.717, 1.165) is 5.56 Å². The number of amides is 3. The fraction of sp³-hybridized carbons (Fsp3) is 0.100. The minimum Gasteiger partial charge on any atom is -0.439 e. The monoisotopic (exact) mass is 427 g/mol. The summed E-state index contributed by atoms with van der Waals surface area (Å²) in [5, 5.41) is 6.09. The summed E-state index contributed by atoms with van der Waals surface area (Å²) in [5.41, 5.74) is 4.19. The lowest BCUT2D eigenvalue weighted by Gasteiger charge is -2.10. The summed E-state index contributed by atoms with van der Waals surface area (Å²) in [7, 11) is 1.31. The highest BCUT2D eigenvalue weighted by Crippen LogP contribution is 2.22. The summed E-state index contributed by atoms with van der Waals surface area (Å²) in [6.45, 7) is 1.86. The first-order valence-electron chi connectivity index (χ1n) is 8.73. The second-order valence-electron chi connectivity index (χ2n) is 6.02. The smallest absolute Gasteiger partial charge is 0.323 e. The van der Waals surface area contributed by atoms with Gasteiger partial charge in [0, 0.05) is 28.7 Å². The zero-order valence-corrected chi connectivity index (χ0v) is 16.9. The molecular formula is C20H18ClN5O4. The van der Waals surface area contributed by atoms with Crippen LogP contribution in [0.25, 0.3) is 0 Å². The molecule has 10 heteroatoms. The summed E-state index contributed by atoms with van der Waals surface area (Å²) >= 11 is 5.98. The van der Waals surface area contributed by atoms with Gasteiger partial charge in [0.2, 0.25) is 11.7 Å². The van der Waals surface area contributed by atoms with Gasteiger partial charge in [-0.3, -0.25) is 9.63 Å². The Hall–Kier alpha value is -3.69. The topological polar surface area (TPSA) is 114 Å². The maximum atomic E-state index is 12.2. The molecule has 9 nitrogen and oxygen atoms in total. The summed E-state index contributed by atoms with van der Waals surface area (Å²) in [6, 6.07) is 13.0. The highest BCUT2D eigenvalue weighted by atomic mass is 35.5. The largest absolute Gasteiger partial charge is 0.439 e. The van der Waals surface area contributed by atoms with Gasteiger partial charge in [0.05, 0.1) is 7.11 Å². The van der Waals surface area contributed by atoms with Crippen molar-refractivity contribution in [1.29, 1.82) is 0 Å². The Kier molecular flexibility index (Phi) is 6.79. The molecule has 0 saturated heterocycles. The molecule has 0 radical (unpaired) electrons. The third-order valence-corrected chi connectivity index (χ3v) is 4.20. The summed E-state index contributed by atoms with van der Waals surface area (Å²) in [6.07, 6.45) is 1.39. The maximum Gasteiger partial charge on any atom is 0.323 e. The molecule has 0 spiro atoms. The molecule has 3 N–H and O–H groups in total. The fourth-order valence-corrected chi connectivity index (χ4v) is 2.51. The van der Waals surface area contributed by atoms with Crippen LogP contribution in [-0.4, -0.2) is 29.0 Å². The SMILES string of the molecule is CONC(=O)c1nccc(Oc2ccc(NC(=O)Nc3ccc(Cl)c(C)c3)cc2)n1. The molecule has 0 atom stereocenters. The molecular weight excluding hydrogens is 410 g/mol. The second kappa shape index (κ2) is 9.68. The van der Waals surface area contributed by atoms with E-state index in [1.807, 2.05) is 6.92 Å².